The Balaban J connectivity index is 1.57. The first-order valence-electron chi connectivity index (χ1n) is 6.92. The molecule has 0 heterocycles. The van der Waals surface area contributed by atoms with E-state index in [1.165, 1.54) is 10.8 Å². The summed E-state index contributed by atoms with van der Waals surface area (Å²) in [4.78, 5) is 0. The van der Waals surface area contributed by atoms with E-state index in [-0.39, 0.29) is 0 Å². The van der Waals surface area contributed by atoms with Crippen LogP contribution in [-0.4, -0.2) is 13.2 Å². The van der Waals surface area contributed by atoms with Gasteiger partial charge in [0.05, 0.1) is 0 Å². The molecule has 1 N–H and O–H groups in total. The summed E-state index contributed by atoms with van der Waals surface area (Å²) < 4.78 is 6.89. The van der Waals surface area contributed by atoms with Gasteiger partial charge in [0.2, 0.25) is 0 Å². The van der Waals surface area contributed by atoms with E-state index in [4.69, 9.17) is 4.74 Å². The van der Waals surface area contributed by atoms with E-state index in [9.17, 15) is 0 Å². The molecule has 21 heavy (non-hydrogen) atoms. The lowest BCUT2D eigenvalue weighted by Gasteiger charge is -2.09. The topological polar surface area (TPSA) is 21.3 Å². The third-order valence-corrected chi connectivity index (χ3v) is 3.74. The summed E-state index contributed by atoms with van der Waals surface area (Å²) >= 11 is 3.48. The quantitative estimate of drug-likeness (QED) is 0.652. The van der Waals surface area contributed by atoms with Gasteiger partial charge in [-0.25, -0.2) is 0 Å². The summed E-state index contributed by atoms with van der Waals surface area (Å²) in [7, 11) is 0. The van der Waals surface area contributed by atoms with Crippen molar-refractivity contribution < 1.29 is 4.74 Å². The molecule has 0 aliphatic rings. The number of halogens is 1. The van der Waals surface area contributed by atoms with Crippen molar-refractivity contribution in [3.05, 3.63) is 71.2 Å². The highest BCUT2D eigenvalue weighted by Crippen LogP contribution is 2.24. The van der Waals surface area contributed by atoms with Gasteiger partial charge >= 0.3 is 0 Å². The van der Waals surface area contributed by atoms with Crippen LogP contribution in [0.5, 0.6) is 5.75 Å². The Kier molecular flexibility index (Phi) is 4.41. The normalized spacial score (nSPS) is 10.5. The zero-order chi connectivity index (χ0) is 14.5. The maximum atomic E-state index is 5.79. The van der Waals surface area contributed by atoms with E-state index in [0.29, 0.717) is 6.61 Å². The third kappa shape index (κ3) is 3.76. The second kappa shape index (κ2) is 6.64. The Hall–Kier alpha value is -2.00. The number of para-hydroxylation sites is 1. The van der Waals surface area contributed by atoms with Crippen molar-refractivity contribution in [1.29, 1.82) is 0 Å². The van der Waals surface area contributed by atoms with Crippen molar-refractivity contribution in [2.75, 3.05) is 18.5 Å². The monoisotopic (exact) mass is 341 g/mol. The molecule has 0 aromatic heterocycles. The Bertz CT molecular complexity index is 728. The standard InChI is InChI=1S/C18H16BrNO/c19-16-8-6-15-13-18(9-7-14(15)12-16)21-11-10-20-17-4-2-1-3-5-17/h1-9,12-13,20H,10-11H2. The number of rotatable bonds is 5. The molecule has 3 aromatic rings. The van der Waals surface area contributed by atoms with Crippen LogP contribution in [-0.2, 0) is 0 Å². The first kappa shape index (κ1) is 14.0. The fraction of sp³-hybridized carbons (Fsp3) is 0.111. The van der Waals surface area contributed by atoms with Crippen molar-refractivity contribution >= 4 is 32.4 Å². The summed E-state index contributed by atoms with van der Waals surface area (Å²) in [6, 6.07) is 22.6. The number of ether oxygens (including phenoxy) is 1. The number of fused-ring (bicyclic) bond motifs is 1. The minimum atomic E-state index is 0.636. The Labute approximate surface area is 132 Å². The largest absolute Gasteiger partial charge is 0.492 e. The van der Waals surface area contributed by atoms with Gasteiger partial charge in [0.15, 0.2) is 0 Å². The van der Waals surface area contributed by atoms with Crippen LogP contribution in [0.1, 0.15) is 0 Å². The van der Waals surface area contributed by atoms with Crippen LogP contribution < -0.4 is 10.1 Å². The van der Waals surface area contributed by atoms with Gasteiger partial charge in [-0.3, -0.25) is 0 Å². The van der Waals surface area contributed by atoms with E-state index >= 15 is 0 Å². The molecule has 3 heteroatoms. The van der Waals surface area contributed by atoms with E-state index in [1.807, 2.05) is 42.5 Å². The molecular formula is C18H16BrNO. The lowest BCUT2D eigenvalue weighted by atomic mass is 10.1. The van der Waals surface area contributed by atoms with Crippen LogP contribution >= 0.6 is 15.9 Å². The average Bonchev–Trinajstić information content (AvgIpc) is 2.52. The first-order chi connectivity index (χ1) is 10.3. The van der Waals surface area contributed by atoms with Crippen molar-refractivity contribution in [1.82, 2.24) is 0 Å². The van der Waals surface area contributed by atoms with E-state index < -0.39 is 0 Å². The summed E-state index contributed by atoms with van der Waals surface area (Å²) in [5, 5.41) is 5.72. The zero-order valence-corrected chi connectivity index (χ0v) is 13.1. The fourth-order valence-corrected chi connectivity index (χ4v) is 2.58. The molecule has 0 radical (unpaired) electrons. The Morgan fingerprint density at radius 3 is 2.48 bits per heavy atom. The van der Waals surface area contributed by atoms with Crippen molar-refractivity contribution in [3.63, 3.8) is 0 Å². The molecule has 0 amide bonds. The van der Waals surface area contributed by atoms with Crippen LogP contribution in [0.15, 0.2) is 71.2 Å². The van der Waals surface area contributed by atoms with Gasteiger partial charge in [-0.1, -0.05) is 46.3 Å². The van der Waals surface area contributed by atoms with E-state index in [0.717, 1.165) is 22.5 Å². The number of anilines is 1. The van der Waals surface area contributed by atoms with Crippen LogP contribution in [0, 0.1) is 0 Å². The molecule has 3 aromatic carbocycles. The molecule has 0 bridgehead atoms. The van der Waals surface area contributed by atoms with Gasteiger partial charge < -0.3 is 10.1 Å². The minimum Gasteiger partial charge on any atom is -0.492 e. The molecular weight excluding hydrogens is 326 g/mol. The molecule has 0 atom stereocenters. The lowest BCUT2D eigenvalue weighted by Crippen LogP contribution is -2.11. The highest BCUT2D eigenvalue weighted by atomic mass is 79.9. The smallest absolute Gasteiger partial charge is 0.120 e. The lowest BCUT2D eigenvalue weighted by molar-refractivity contribution is 0.333. The summed E-state index contributed by atoms with van der Waals surface area (Å²) in [6.45, 7) is 1.42. The Morgan fingerprint density at radius 2 is 1.62 bits per heavy atom. The van der Waals surface area contributed by atoms with Gasteiger partial charge in [-0.2, -0.15) is 0 Å². The zero-order valence-electron chi connectivity index (χ0n) is 11.6. The minimum absolute atomic E-state index is 0.636. The molecule has 0 saturated carbocycles. The molecule has 2 nitrogen and oxygen atoms in total. The molecule has 106 valence electrons. The maximum absolute atomic E-state index is 5.79. The van der Waals surface area contributed by atoms with Crippen LogP contribution in [0.2, 0.25) is 0 Å². The van der Waals surface area contributed by atoms with Gasteiger partial charge in [-0.05, 0) is 47.2 Å². The first-order valence-corrected chi connectivity index (χ1v) is 7.72. The highest BCUT2D eigenvalue weighted by molar-refractivity contribution is 9.10. The van der Waals surface area contributed by atoms with Crippen molar-refractivity contribution in [3.8, 4) is 5.75 Å². The van der Waals surface area contributed by atoms with E-state index in [2.05, 4.69) is 45.5 Å². The number of benzene rings is 3. The van der Waals surface area contributed by atoms with Gasteiger partial charge in [0.25, 0.3) is 0 Å². The molecule has 0 aliphatic heterocycles. The molecule has 3 rings (SSSR count). The molecule has 0 saturated heterocycles. The van der Waals surface area contributed by atoms with Gasteiger partial charge in [-0.15, -0.1) is 0 Å². The number of nitrogens with one attached hydrogen (secondary N) is 1. The van der Waals surface area contributed by atoms with Crippen LogP contribution in [0.3, 0.4) is 0 Å². The maximum Gasteiger partial charge on any atom is 0.120 e. The SMILES string of the molecule is Brc1ccc2cc(OCCNc3ccccc3)ccc2c1. The second-order valence-electron chi connectivity index (χ2n) is 4.79. The molecule has 0 unspecified atom stereocenters. The summed E-state index contributed by atoms with van der Waals surface area (Å²) in [6.07, 6.45) is 0. The summed E-state index contributed by atoms with van der Waals surface area (Å²) in [5.74, 6) is 0.902. The van der Waals surface area contributed by atoms with Crippen molar-refractivity contribution in [2.45, 2.75) is 0 Å². The second-order valence-corrected chi connectivity index (χ2v) is 5.71. The molecule has 0 aliphatic carbocycles. The van der Waals surface area contributed by atoms with Gasteiger partial charge in [0, 0.05) is 16.7 Å². The van der Waals surface area contributed by atoms with Crippen LogP contribution in [0.25, 0.3) is 10.8 Å². The predicted molar refractivity (Wildman–Crippen MR) is 92.1 cm³/mol. The van der Waals surface area contributed by atoms with Crippen molar-refractivity contribution in [2.24, 2.45) is 0 Å². The van der Waals surface area contributed by atoms with Gasteiger partial charge in [0.1, 0.15) is 12.4 Å². The average molecular weight is 342 g/mol. The number of hydrogen-bond donors (Lipinski definition) is 1. The van der Waals surface area contributed by atoms with Crippen LogP contribution in [0.4, 0.5) is 5.69 Å². The fourth-order valence-electron chi connectivity index (χ4n) is 2.20. The number of hydrogen-bond acceptors (Lipinski definition) is 2. The predicted octanol–water partition coefficient (Wildman–Crippen LogP) is 5.09. The Morgan fingerprint density at radius 1 is 0.857 bits per heavy atom. The van der Waals surface area contributed by atoms with E-state index in [1.54, 1.807) is 0 Å². The molecule has 0 spiro atoms. The third-order valence-electron chi connectivity index (χ3n) is 3.25. The highest BCUT2D eigenvalue weighted by Gasteiger charge is 1.98. The summed E-state index contributed by atoms with van der Waals surface area (Å²) in [5.41, 5.74) is 1.12. The molecule has 0 fully saturated rings.